The second kappa shape index (κ2) is 7.75. The normalized spacial score (nSPS) is 11.6. The molecule has 0 unspecified atom stereocenters. The standard InChI is InChI=1S/C22H21F3N2O2/c1-13-8-9-16(12-28)11-19(13)26-21(29)17-10-14(2)27(15(17)3)20-7-5-4-6-18(20)22(23,24)25/h4-11,28H,12H2,1-3H3,(H,26,29). The number of rotatable bonds is 4. The SMILES string of the molecule is Cc1ccc(CO)cc1NC(=O)c1cc(C)n(-c2ccccc2C(F)(F)F)c1C. The first-order chi connectivity index (χ1) is 13.6. The number of nitrogens with zero attached hydrogens (tertiary/aromatic N) is 1. The molecular weight excluding hydrogens is 381 g/mol. The van der Waals surface area contributed by atoms with Gasteiger partial charge in [-0.15, -0.1) is 0 Å². The highest BCUT2D eigenvalue weighted by Crippen LogP contribution is 2.35. The molecule has 3 rings (SSSR count). The van der Waals surface area contributed by atoms with Crippen LogP contribution in [-0.4, -0.2) is 15.6 Å². The first kappa shape index (κ1) is 20.7. The van der Waals surface area contributed by atoms with Gasteiger partial charge >= 0.3 is 6.18 Å². The Kier molecular flexibility index (Phi) is 5.53. The molecule has 7 heteroatoms. The second-order valence-corrected chi connectivity index (χ2v) is 6.90. The molecule has 29 heavy (non-hydrogen) atoms. The van der Waals surface area contributed by atoms with Crippen LogP contribution in [0, 0.1) is 20.8 Å². The van der Waals surface area contributed by atoms with Gasteiger partial charge in [0.25, 0.3) is 5.91 Å². The van der Waals surface area contributed by atoms with Gasteiger partial charge in [-0.05, 0) is 56.2 Å². The monoisotopic (exact) mass is 402 g/mol. The first-order valence-electron chi connectivity index (χ1n) is 9.00. The molecule has 1 heterocycles. The number of para-hydroxylation sites is 1. The highest BCUT2D eigenvalue weighted by Gasteiger charge is 2.34. The number of aliphatic hydroxyl groups excluding tert-OH is 1. The van der Waals surface area contributed by atoms with E-state index < -0.39 is 17.6 Å². The number of aryl methyl sites for hydroxylation is 2. The molecule has 0 saturated heterocycles. The topological polar surface area (TPSA) is 54.3 Å². The summed E-state index contributed by atoms with van der Waals surface area (Å²) in [5.41, 5.74) is 2.43. The molecule has 0 aliphatic heterocycles. The van der Waals surface area contributed by atoms with Crippen LogP contribution in [0.15, 0.2) is 48.5 Å². The predicted octanol–water partition coefficient (Wildman–Crippen LogP) is 5.17. The minimum absolute atomic E-state index is 0.0208. The molecule has 0 spiro atoms. The van der Waals surface area contributed by atoms with Crippen molar-refractivity contribution in [1.82, 2.24) is 4.57 Å². The third-order valence-electron chi connectivity index (χ3n) is 4.86. The molecule has 3 aromatic rings. The Balaban J connectivity index is 2.02. The minimum Gasteiger partial charge on any atom is -0.392 e. The number of alkyl halides is 3. The molecule has 0 atom stereocenters. The van der Waals surface area contributed by atoms with E-state index in [2.05, 4.69) is 5.32 Å². The van der Waals surface area contributed by atoms with Gasteiger partial charge in [-0.1, -0.05) is 24.3 Å². The predicted molar refractivity (Wildman–Crippen MR) is 105 cm³/mol. The lowest BCUT2D eigenvalue weighted by atomic mass is 10.1. The number of anilines is 1. The number of carbonyl (C=O) groups excluding carboxylic acids is 1. The fourth-order valence-corrected chi connectivity index (χ4v) is 3.36. The van der Waals surface area contributed by atoms with E-state index in [9.17, 15) is 23.1 Å². The Morgan fingerprint density at radius 3 is 2.41 bits per heavy atom. The van der Waals surface area contributed by atoms with Crippen LogP contribution in [0.1, 0.15) is 38.4 Å². The average molecular weight is 402 g/mol. The molecule has 1 amide bonds. The van der Waals surface area contributed by atoms with Crippen molar-refractivity contribution in [2.24, 2.45) is 0 Å². The molecule has 2 N–H and O–H groups in total. The molecule has 0 aliphatic rings. The van der Waals surface area contributed by atoms with E-state index in [1.807, 2.05) is 6.92 Å². The maximum atomic E-state index is 13.5. The van der Waals surface area contributed by atoms with Crippen LogP contribution in [0.5, 0.6) is 0 Å². The van der Waals surface area contributed by atoms with Gasteiger partial charge in [0.05, 0.1) is 23.4 Å². The van der Waals surface area contributed by atoms with Gasteiger partial charge in [0.1, 0.15) is 0 Å². The number of nitrogens with one attached hydrogen (secondary N) is 1. The molecule has 0 aliphatic carbocycles. The van der Waals surface area contributed by atoms with E-state index >= 15 is 0 Å². The van der Waals surface area contributed by atoms with Crippen molar-refractivity contribution in [3.05, 3.63) is 82.2 Å². The second-order valence-electron chi connectivity index (χ2n) is 6.90. The van der Waals surface area contributed by atoms with Gasteiger partial charge in [0, 0.05) is 17.1 Å². The molecule has 0 saturated carbocycles. The van der Waals surface area contributed by atoms with Gasteiger partial charge in [0.15, 0.2) is 0 Å². The van der Waals surface area contributed by atoms with E-state index in [0.717, 1.165) is 11.6 Å². The van der Waals surface area contributed by atoms with Crippen LogP contribution in [0.3, 0.4) is 0 Å². The Bertz CT molecular complexity index is 1070. The Hall–Kier alpha value is -3.06. The quantitative estimate of drug-likeness (QED) is 0.633. The smallest absolute Gasteiger partial charge is 0.392 e. The zero-order valence-electron chi connectivity index (χ0n) is 16.3. The lowest BCUT2D eigenvalue weighted by Gasteiger charge is -2.17. The summed E-state index contributed by atoms with van der Waals surface area (Å²) < 4.78 is 41.8. The summed E-state index contributed by atoms with van der Waals surface area (Å²) in [5.74, 6) is -0.424. The van der Waals surface area contributed by atoms with Crippen molar-refractivity contribution in [2.75, 3.05) is 5.32 Å². The summed E-state index contributed by atoms with van der Waals surface area (Å²) in [6.45, 7) is 4.94. The van der Waals surface area contributed by atoms with Crippen molar-refractivity contribution < 1.29 is 23.1 Å². The fourth-order valence-electron chi connectivity index (χ4n) is 3.36. The average Bonchev–Trinajstić information content (AvgIpc) is 2.97. The number of amides is 1. The first-order valence-corrected chi connectivity index (χ1v) is 9.00. The van der Waals surface area contributed by atoms with Crippen LogP contribution in [0.25, 0.3) is 5.69 Å². The van der Waals surface area contributed by atoms with E-state index in [0.29, 0.717) is 22.6 Å². The molecule has 1 aromatic heterocycles. The minimum atomic E-state index is -4.51. The van der Waals surface area contributed by atoms with E-state index in [1.54, 1.807) is 38.1 Å². The molecule has 152 valence electrons. The third kappa shape index (κ3) is 4.05. The number of carbonyl (C=O) groups is 1. The highest BCUT2D eigenvalue weighted by atomic mass is 19.4. The summed E-state index contributed by atoms with van der Waals surface area (Å²) in [6.07, 6.45) is -4.51. The zero-order chi connectivity index (χ0) is 21.3. The molecular formula is C22H21F3N2O2. The van der Waals surface area contributed by atoms with E-state index in [1.165, 1.54) is 22.8 Å². The lowest BCUT2D eigenvalue weighted by molar-refractivity contribution is -0.137. The maximum absolute atomic E-state index is 13.5. The molecule has 4 nitrogen and oxygen atoms in total. The molecule has 0 radical (unpaired) electrons. The molecule has 0 bridgehead atoms. The maximum Gasteiger partial charge on any atom is 0.418 e. The summed E-state index contributed by atoms with van der Waals surface area (Å²) in [5, 5.41) is 12.1. The summed E-state index contributed by atoms with van der Waals surface area (Å²) in [7, 11) is 0. The fraction of sp³-hybridized carbons (Fsp3) is 0.227. The van der Waals surface area contributed by atoms with Crippen molar-refractivity contribution in [3.63, 3.8) is 0 Å². The van der Waals surface area contributed by atoms with E-state index in [-0.39, 0.29) is 17.9 Å². The van der Waals surface area contributed by atoms with Crippen LogP contribution >= 0.6 is 0 Å². The Morgan fingerprint density at radius 1 is 1.07 bits per heavy atom. The number of aliphatic hydroxyl groups is 1. The van der Waals surface area contributed by atoms with Gasteiger partial charge in [-0.3, -0.25) is 4.79 Å². The van der Waals surface area contributed by atoms with Gasteiger partial charge in [-0.2, -0.15) is 13.2 Å². The number of hydrogen-bond donors (Lipinski definition) is 2. The van der Waals surface area contributed by atoms with E-state index in [4.69, 9.17) is 0 Å². The number of aromatic nitrogens is 1. The molecule has 2 aromatic carbocycles. The Morgan fingerprint density at radius 2 is 1.76 bits per heavy atom. The molecule has 0 fully saturated rings. The Labute approximate surface area is 166 Å². The lowest BCUT2D eigenvalue weighted by Crippen LogP contribution is -2.15. The van der Waals surface area contributed by atoms with Gasteiger partial charge in [-0.25, -0.2) is 0 Å². The van der Waals surface area contributed by atoms with Gasteiger partial charge in [0.2, 0.25) is 0 Å². The van der Waals surface area contributed by atoms with Crippen molar-refractivity contribution in [3.8, 4) is 5.69 Å². The van der Waals surface area contributed by atoms with Crippen LogP contribution in [-0.2, 0) is 12.8 Å². The van der Waals surface area contributed by atoms with Crippen LogP contribution in [0.4, 0.5) is 18.9 Å². The largest absolute Gasteiger partial charge is 0.418 e. The van der Waals surface area contributed by atoms with Gasteiger partial charge < -0.3 is 15.0 Å². The zero-order valence-corrected chi connectivity index (χ0v) is 16.3. The van der Waals surface area contributed by atoms with Crippen LogP contribution in [0.2, 0.25) is 0 Å². The summed E-state index contributed by atoms with van der Waals surface area (Å²) in [4.78, 5) is 12.9. The number of benzene rings is 2. The van der Waals surface area contributed by atoms with Crippen molar-refractivity contribution in [2.45, 2.75) is 33.6 Å². The van der Waals surface area contributed by atoms with Crippen LogP contribution < -0.4 is 5.32 Å². The van der Waals surface area contributed by atoms with Crippen molar-refractivity contribution in [1.29, 1.82) is 0 Å². The number of halogens is 3. The summed E-state index contributed by atoms with van der Waals surface area (Å²) in [6, 6.07) is 12.1. The third-order valence-corrected chi connectivity index (χ3v) is 4.86. The summed E-state index contributed by atoms with van der Waals surface area (Å²) >= 11 is 0. The van der Waals surface area contributed by atoms with Crippen molar-refractivity contribution >= 4 is 11.6 Å². The highest BCUT2D eigenvalue weighted by molar-refractivity contribution is 6.05. The number of hydrogen-bond acceptors (Lipinski definition) is 2.